The van der Waals surface area contributed by atoms with Crippen molar-refractivity contribution in [2.75, 3.05) is 7.11 Å². The molecule has 2 fully saturated rings. The molecule has 6 nitrogen and oxygen atoms in total. The molecule has 0 amide bonds. The lowest BCUT2D eigenvalue weighted by Crippen LogP contribution is -2.42. The molecule has 3 aliphatic rings. The van der Waals surface area contributed by atoms with Gasteiger partial charge < -0.3 is 9.84 Å². The number of aromatic nitrogens is 3. The van der Waals surface area contributed by atoms with Crippen molar-refractivity contribution in [3.63, 3.8) is 0 Å². The monoisotopic (exact) mass is 366 g/mol. The van der Waals surface area contributed by atoms with Crippen molar-refractivity contribution < 1.29 is 9.84 Å². The number of hydrogen-bond acceptors (Lipinski definition) is 5. The molecule has 27 heavy (non-hydrogen) atoms. The number of benzene rings is 1. The number of phenols is 1. The minimum absolute atomic E-state index is 0.171. The molecule has 2 saturated carbocycles. The quantitative estimate of drug-likeness (QED) is 0.878. The number of methoxy groups -OCH3 is 1. The summed E-state index contributed by atoms with van der Waals surface area (Å²) in [6.07, 6.45) is 10.2. The average Bonchev–Trinajstić information content (AvgIpc) is 3.29. The fourth-order valence-corrected chi connectivity index (χ4v) is 6.09. The summed E-state index contributed by atoms with van der Waals surface area (Å²) >= 11 is 0. The molecule has 6 heteroatoms. The van der Waals surface area contributed by atoms with Gasteiger partial charge in [0.2, 0.25) is 0 Å². The zero-order chi connectivity index (χ0) is 18.6. The third-order valence-electron chi connectivity index (χ3n) is 7.41. The van der Waals surface area contributed by atoms with E-state index in [9.17, 15) is 5.11 Å². The number of hydrogen-bond donors (Lipinski definition) is 1. The molecule has 3 unspecified atom stereocenters. The van der Waals surface area contributed by atoms with Gasteiger partial charge in [-0.3, -0.25) is 0 Å². The summed E-state index contributed by atoms with van der Waals surface area (Å²) in [5.41, 5.74) is 4.17. The Hall–Kier alpha value is -2.37. The van der Waals surface area contributed by atoms with Gasteiger partial charge in [-0.05, 0) is 79.5 Å². The molecule has 0 spiro atoms. The van der Waals surface area contributed by atoms with Gasteiger partial charge in [0.15, 0.2) is 11.5 Å². The second-order valence-electron chi connectivity index (χ2n) is 8.52. The first kappa shape index (κ1) is 16.8. The number of nitrogens with zero attached hydrogens (tertiary/aromatic N) is 4. The van der Waals surface area contributed by atoms with E-state index in [0.717, 1.165) is 19.3 Å². The van der Waals surface area contributed by atoms with Crippen LogP contribution >= 0.6 is 0 Å². The Balaban J connectivity index is 1.49. The van der Waals surface area contributed by atoms with Crippen LogP contribution in [0, 0.1) is 17.3 Å². The minimum Gasteiger partial charge on any atom is -0.504 e. The van der Waals surface area contributed by atoms with E-state index in [1.165, 1.54) is 36.1 Å². The van der Waals surface area contributed by atoms with E-state index < -0.39 is 0 Å². The highest BCUT2D eigenvalue weighted by atomic mass is 16.5. The van der Waals surface area contributed by atoms with Gasteiger partial charge in [0.25, 0.3) is 0 Å². The molecule has 0 bridgehead atoms. The zero-order valence-corrected chi connectivity index (χ0v) is 15.9. The van der Waals surface area contributed by atoms with Crippen molar-refractivity contribution >= 4 is 5.71 Å². The SMILES string of the molecule is COc1cc2c(cc1O)CCC1C2CC[C@]2(C)/C(=N/n3cnnc3)CCC12. The normalized spacial score (nSPS) is 33.4. The van der Waals surface area contributed by atoms with E-state index in [1.807, 2.05) is 6.07 Å². The smallest absolute Gasteiger partial charge is 0.160 e. The van der Waals surface area contributed by atoms with E-state index >= 15 is 0 Å². The summed E-state index contributed by atoms with van der Waals surface area (Å²) in [4.78, 5) is 0. The standard InChI is InChI=1S/C21H26N4O2/c1-21-8-7-14-15(4-3-13-9-18(26)19(27-2)10-16(13)14)17(21)5-6-20(21)24-25-11-22-23-12-25/h9-12,14-15,17,26H,3-8H2,1-2H3/b24-20+/t14?,15?,17?,21-/m0/s1. The number of aryl methyl sites for hydroxylation is 1. The van der Waals surface area contributed by atoms with Crippen molar-refractivity contribution in [3.05, 3.63) is 35.9 Å². The lowest BCUT2D eigenvalue weighted by Gasteiger charge is -2.49. The molecular weight excluding hydrogens is 340 g/mol. The van der Waals surface area contributed by atoms with Crippen LogP contribution in [0.4, 0.5) is 0 Å². The van der Waals surface area contributed by atoms with Gasteiger partial charge in [0.05, 0.1) is 7.11 Å². The Kier molecular flexibility index (Phi) is 3.78. The molecule has 142 valence electrons. The summed E-state index contributed by atoms with van der Waals surface area (Å²) in [5.74, 6) is 2.78. The van der Waals surface area contributed by atoms with E-state index in [0.29, 0.717) is 23.5 Å². The Bertz CT molecular complexity index is 892. The predicted molar refractivity (Wildman–Crippen MR) is 102 cm³/mol. The second kappa shape index (κ2) is 6.08. The summed E-state index contributed by atoms with van der Waals surface area (Å²) in [6, 6.07) is 4.01. The molecular formula is C21H26N4O2. The van der Waals surface area contributed by atoms with Crippen molar-refractivity contribution in [2.24, 2.45) is 22.4 Å². The van der Waals surface area contributed by atoms with Crippen molar-refractivity contribution in [1.29, 1.82) is 0 Å². The fraction of sp³-hybridized carbons (Fsp3) is 0.571. The number of aromatic hydroxyl groups is 1. The van der Waals surface area contributed by atoms with E-state index in [2.05, 4.69) is 23.2 Å². The molecule has 1 aromatic carbocycles. The van der Waals surface area contributed by atoms with Crippen LogP contribution in [0.15, 0.2) is 29.9 Å². The molecule has 0 saturated heterocycles. The van der Waals surface area contributed by atoms with Crippen LogP contribution in [0.5, 0.6) is 11.5 Å². The maximum absolute atomic E-state index is 10.2. The third-order valence-corrected chi connectivity index (χ3v) is 7.41. The van der Waals surface area contributed by atoms with Crippen molar-refractivity contribution in [3.8, 4) is 11.5 Å². The highest BCUT2D eigenvalue weighted by molar-refractivity contribution is 5.92. The largest absolute Gasteiger partial charge is 0.504 e. The summed E-state index contributed by atoms with van der Waals surface area (Å²) in [5, 5.41) is 22.8. The zero-order valence-electron chi connectivity index (χ0n) is 15.9. The second-order valence-corrected chi connectivity index (χ2v) is 8.52. The molecule has 1 heterocycles. The van der Waals surface area contributed by atoms with Gasteiger partial charge in [0.1, 0.15) is 12.7 Å². The van der Waals surface area contributed by atoms with Gasteiger partial charge in [-0.15, -0.1) is 10.2 Å². The van der Waals surface area contributed by atoms with E-state index in [1.54, 1.807) is 24.4 Å². The maximum Gasteiger partial charge on any atom is 0.160 e. The number of phenolic OH excluding ortho intramolecular Hbond substituents is 1. The topological polar surface area (TPSA) is 72.5 Å². The number of fused-ring (bicyclic) bond motifs is 5. The minimum atomic E-state index is 0.171. The molecule has 0 aliphatic heterocycles. The van der Waals surface area contributed by atoms with Crippen molar-refractivity contribution in [1.82, 2.24) is 14.9 Å². The Labute approximate surface area is 159 Å². The molecule has 1 N–H and O–H groups in total. The first-order valence-electron chi connectivity index (χ1n) is 9.93. The van der Waals surface area contributed by atoms with Gasteiger partial charge in [0, 0.05) is 11.1 Å². The molecule has 4 atom stereocenters. The molecule has 0 radical (unpaired) electrons. The highest BCUT2D eigenvalue weighted by Crippen LogP contribution is 2.60. The van der Waals surface area contributed by atoms with Crippen LogP contribution < -0.4 is 4.74 Å². The Morgan fingerprint density at radius 1 is 1.19 bits per heavy atom. The summed E-state index contributed by atoms with van der Waals surface area (Å²) in [6.45, 7) is 2.41. The fourth-order valence-electron chi connectivity index (χ4n) is 6.09. The summed E-state index contributed by atoms with van der Waals surface area (Å²) in [7, 11) is 1.63. The first-order valence-corrected chi connectivity index (χ1v) is 9.93. The molecule has 3 aliphatic carbocycles. The van der Waals surface area contributed by atoms with E-state index in [-0.39, 0.29) is 11.2 Å². The lowest BCUT2D eigenvalue weighted by molar-refractivity contribution is 0.0952. The number of ether oxygens (including phenoxy) is 1. The van der Waals surface area contributed by atoms with Crippen LogP contribution in [0.3, 0.4) is 0 Å². The Morgan fingerprint density at radius 2 is 2.00 bits per heavy atom. The van der Waals surface area contributed by atoms with Crippen LogP contribution in [0.1, 0.15) is 56.1 Å². The average molecular weight is 366 g/mol. The van der Waals surface area contributed by atoms with Gasteiger partial charge in [-0.2, -0.15) is 5.10 Å². The van der Waals surface area contributed by atoms with Gasteiger partial charge in [-0.1, -0.05) is 6.92 Å². The number of rotatable bonds is 2. The highest BCUT2D eigenvalue weighted by Gasteiger charge is 2.53. The first-order chi connectivity index (χ1) is 13.1. The Morgan fingerprint density at radius 3 is 2.78 bits per heavy atom. The van der Waals surface area contributed by atoms with Crippen molar-refractivity contribution in [2.45, 2.75) is 51.4 Å². The van der Waals surface area contributed by atoms with Gasteiger partial charge in [-0.25, -0.2) is 4.68 Å². The van der Waals surface area contributed by atoms with Gasteiger partial charge >= 0.3 is 0 Å². The predicted octanol–water partition coefficient (Wildman–Crippen LogP) is 3.75. The van der Waals surface area contributed by atoms with Crippen LogP contribution in [0.2, 0.25) is 0 Å². The molecule has 1 aromatic heterocycles. The molecule has 2 aromatic rings. The van der Waals surface area contributed by atoms with Crippen LogP contribution in [-0.4, -0.2) is 32.8 Å². The van der Waals surface area contributed by atoms with Crippen LogP contribution in [0.25, 0.3) is 0 Å². The molecule has 5 rings (SSSR count). The van der Waals surface area contributed by atoms with Crippen LogP contribution in [-0.2, 0) is 6.42 Å². The summed E-state index contributed by atoms with van der Waals surface area (Å²) < 4.78 is 7.14. The maximum atomic E-state index is 10.2. The lowest BCUT2D eigenvalue weighted by atomic mass is 9.55. The van der Waals surface area contributed by atoms with E-state index in [4.69, 9.17) is 9.84 Å². The third kappa shape index (κ3) is 2.49.